The molecular formula is H9CaGaGeY. The third-order valence-electron chi connectivity index (χ3n) is 0. The van der Waals surface area contributed by atoms with Gasteiger partial charge in [0.05, 0.1) is 0 Å². The van der Waals surface area contributed by atoms with Gasteiger partial charge in [0.2, 0.25) is 0 Å². The SMILES string of the molecule is [CaH2].[GaH3].[GeH4].[Y]. The second-order valence-electron chi connectivity index (χ2n) is 0. The van der Waals surface area contributed by atoms with Crippen LogP contribution in [0, 0.1) is 0 Å². The Labute approximate surface area is 105 Å². The van der Waals surface area contributed by atoms with Gasteiger partial charge in [0, 0.05) is 32.7 Å². The standard InChI is InChI=1S/Ca.Ga.GeH4.Y.5H/h;;1H4;;;;;;. The molecule has 0 saturated heterocycles. The molecule has 0 aromatic carbocycles. The van der Waals surface area contributed by atoms with Gasteiger partial charge in [0.25, 0.3) is 0 Å². The Kier molecular flexibility index (Phi) is 103. The number of rotatable bonds is 0. The smallest absolute Gasteiger partial charge is 0 e. The molecule has 4 heavy (non-hydrogen) atoms. The summed E-state index contributed by atoms with van der Waals surface area (Å²) in [5, 5.41) is 0. The predicted octanol–water partition coefficient (Wildman–Crippen LogP) is -3.55. The molecule has 0 aliphatic heterocycles. The molecule has 4 heteroatoms. The van der Waals surface area contributed by atoms with Gasteiger partial charge in [-0.2, -0.15) is 0 Å². The molecule has 0 rings (SSSR count). The van der Waals surface area contributed by atoms with Crippen molar-refractivity contribution >= 4 is 75.1 Å². The van der Waals surface area contributed by atoms with Crippen molar-refractivity contribution in [3.05, 3.63) is 0 Å². The average molecular weight is 280 g/mol. The molecule has 0 aliphatic rings. The van der Waals surface area contributed by atoms with Crippen molar-refractivity contribution in [2.45, 2.75) is 0 Å². The average Bonchev–Trinajstić information content (AvgIpc) is 0. The summed E-state index contributed by atoms with van der Waals surface area (Å²) in [6, 6.07) is 0. The normalized spacial score (nSPS) is 0. The van der Waals surface area contributed by atoms with E-state index in [-0.39, 0.29) is 108 Å². The molecule has 0 N–H and O–H groups in total. The first-order chi connectivity index (χ1) is 0. The first kappa shape index (κ1) is 25.7. The zero-order valence-electron chi connectivity index (χ0n) is 0.577. The molecule has 0 fully saturated rings. The summed E-state index contributed by atoms with van der Waals surface area (Å²) in [7, 11) is 0. The molecule has 0 amide bonds. The molecule has 0 atom stereocenters. The van der Waals surface area contributed by atoms with Crippen molar-refractivity contribution in [3.63, 3.8) is 0 Å². The van der Waals surface area contributed by atoms with Gasteiger partial charge < -0.3 is 0 Å². The van der Waals surface area contributed by atoms with Gasteiger partial charge in [0.15, 0.2) is 0 Å². The Morgan fingerprint density at radius 2 is 1.00 bits per heavy atom. The van der Waals surface area contributed by atoms with E-state index in [0.29, 0.717) is 0 Å². The molecule has 0 aromatic heterocycles. The maximum atomic E-state index is 0. The van der Waals surface area contributed by atoms with Gasteiger partial charge in [-0.25, -0.2) is 0 Å². The second kappa shape index (κ2) is 16.0. The summed E-state index contributed by atoms with van der Waals surface area (Å²) >= 11 is 0. The molecule has 0 unspecified atom stereocenters. The summed E-state index contributed by atoms with van der Waals surface area (Å²) in [6.07, 6.45) is 0. The third kappa shape index (κ3) is 9.11. The molecule has 0 nitrogen and oxygen atoms in total. The van der Waals surface area contributed by atoms with Crippen LogP contribution in [0.1, 0.15) is 0 Å². The van der Waals surface area contributed by atoms with E-state index in [1.54, 1.807) is 0 Å². The van der Waals surface area contributed by atoms with Gasteiger partial charge >= 0.3 is 75.1 Å². The van der Waals surface area contributed by atoms with E-state index in [0.717, 1.165) is 0 Å². The third-order valence-corrected chi connectivity index (χ3v) is 0. The first-order valence-corrected chi connectivity index (χ1v) is 0. The molecule has 21 valence electrons. The fraction of sp³-hybridized carbons (Fsp3) is 0. The summed E-state index contributed by atoms with van der Waals surface area (Å²) in [5.41, 5.74) is 0. The van der Waals surface area contributed by atoms with Crippen molar-refractivity contribution in [1.29, 1.82) is 0 Å². The maximum Gasteiger partial charge on any atom is 0 e. The van der Waals surface area contributed by atoms with E-state index in [9.17, 15) is 0 Å². The fourth-order valence-corrected chi connectivity index (χ4v) is 0. The Morgan fingerprint density at radius 1 is 1.00 bits per heavy atom. The summed E-state index contributed by atoms with van der Waals surface area (Å²) in [6.45, 7) is 0. The van der Waals surface area contributed by atoms with E-state index in [4.69, 9.17) is 0 Å². The Bertz CT molecular complexity index is 8.00. The van der Waals surface area contributed by atoms with Crippen LogP contribution in [0.5, 0.6) is 0 Å². The van der Waals surface area contributed by atoms with Crippen molar-refractivity contribution in [2.24, 2.45) is 0 Å². The number of hydrogen-bond donors (Lipinski definition) is 0. The minimum absolute atomic E-state index is 0. The molecule has 1 radical (unpaired) electrons. The Morgan fingerprint density at radius 3 is 1.00 bits per heavy atom. The van der Waals surface area contributed by atoms with Gasteiger partial charge in [0.1, 0.15) is 0 Å². The molecule has 0 aromatic rings. The zero-order valence-corrected chi connectivity index (χ0v) is 3.42. The van der Waals surface area contributed by atoms with E-state index in [1.165, 1.54) is 0 Å². The van der Waals surface area contributed by atoms with E-state index < -0.39 is 0 Å². The van der Waals surface area contributed by atoms with Gasteiger partial charge in [-0.3, -0.25) is 0 Å². The summed E-state index contributed by atoms with van der Waals surface area (Å²) in [5.74, 6) is 0. The topological polar surface area (TPSA) is 0 Å². The van der Waals surface area contributed by atoms with Crippen LogP contribution in [0.25, 0.3) is 0 Å². The molecule has 0 aliphatic carbocycles. The maximum absolute atomic E-state index is 0. The van der Waals surface area contributed by atoms with Crippen LogP contribution in [0.15, 0.2) is 0 Å². The van der Waals surface area contributed by atoms with Crippen LogP contribution in [0.3, 0.4) is 0 Å². The van der Waals surface area contributed by atoms with Crippen LogP contribution in [-0.4, -0.2) is 75.1 Å². The zero-order chi connectivity index (χ0) is 0. The van der Waals surface area contributed by atoms with E-state index in [2.05, 4.69) is 0 Å². The Hall–Kier alpha value is 3.54. The summed E-state index contributed by atoms with van der Waals surface area (Å²) in [4.78, 5) is 0. The first-order valence-electron chi connectivity index (χ1n) is 0. The van der Waals surface area contributed by atoms with Crippen LogP contribution < -0.4 is 0 Å². The van der Waals surface area contributed by atoms with Crippen LogP contribution >= 0.6 is 0 Å². The Balaban J connectivity index is 0. The van der Waals surface area contributed by atoms with Crippen molar-refractivity contribution in [2.75, 3.05) is 0 Å². The minimum atomic E-state index is 0. The van der Waals surface area contributed by atoms with Gasteiger partial charge in [-0.15, -0.1) is 0 Å². The van der Waals surface area contributed by atoms with Crippen molar-refractivity contribution in [1.82, 2.24) is 0 Å². The monoisotopic (exact) mass is 281 g/mol. The van der Waals surface area contributed by atoms with Crippen LogP contribution in [-0.2, 0) is 32.7 Å². The van der Waals surface area contributed by atoms with Crippen LogP contribution in [0.4, 0.5) is 0 Å². The van der Waals surface area contributed by atoms with Gasteiger partial charge in [-0.05, 0) is 0 Å². The van der Waals surface area contributed by atoms with E-state index in [1.807, 2.05) is 0 Å². The van der Waals surface area contributed by atoms with Crippen molar-refractivity contribution < 1.29 is 32.7 Å². The molecule has 0 spiro atoms. The van der Waals surface area contributed by atoms with E-state index >= 15 is 0 Å². The van der Waals surface area contributed by atoms with Gasteiger partial charge in [-0.1, -0.05) is 0 Å². The second-order valence-corrected chi connectivity index (χ2v) is 0. The molecule has 0 heterocycles. The molecule has 0 bridgehead atoms. The van der Waals surface area contributed by atoms with Crippen LogP contribution in [0.2, 0.25) is 0 Å². The molecular weight excluding hydrogens is 271 g/mol. The quantitative estimate of drug-likeness (QED) is 0.403. The molecule has 0 saturated carbocycles. The van der Waals surface area contributed by atoms with Crippen molar-refractivity contribution in [3.8, 4) is 0 Å². The largest absolute Gasteiger partial charge is 0 e. The fourth-order valence-electron chi connectivity index (χ4n) is 0. The number of hydrogen-bond acceptors (Lipinski definition) is 0. The summed E-state index contributed by atoms with van der Waals surface area (Å²) < 4.78 is 0. The predicted molar refractivity (Wildman–Crippen MR) is 29.8 cm³/mol. The minimum Gasteiger partial charge on any atom is 0 e.